The molecule has 0 spiro atoms. The van der Waals surface area contributed by atoms with Crippen molar-refractivity contribution < 1.29 is 13.2 Å². The van der Waals surface area contributed by atoms with Crippen LogP contribution in [0.15, 0.2) is 47.3 Å². The molecule has 1 N–H and O–H groups in total. The average Bonchev–Trinajstić information content (AvgIpc) is 3.37. The van der Waals surface area contributed by atoms with Gasteiger partial charge in [-0.05, 0) is 67.1 Å². The summed E-state index contributed by atoms with van der Waals surface area (Å²) in [4.78, 5) is 4.92. The fraction of sp³-hybridized carbons (Fsp3) is 0.304. The van der Waals surface area contributed by atoms with E-state index in [2.05, 4.69) is 35.7 Å². The molecule has 0 saturated carbocycles. The van der Waals surface area contributed by atoms with Crippen molar-refractivity contribution in [3.8, 4) is 11.3 Å². The number of halogens is 3. The Bertz CT molecular complexity index is 1190. The Kier molecular flexibility index (Phi) is 5.85. The van der Waals surface area contributed by atoms with Crippen LogP contribution in [-0.4, -0.2) is 14.8 Å². The average molecular weight is 445 g/mol. The fourth-order valence-electron chi connectivity index (χ4n) is 3.58. The molecule has 0 saturated heterocycles. The van der Waals surface area contributed by atoms with Crippen LogP contribution in [0.25, 0.3) is 22.3 Å². The van der Waals surface area contributed by atoms with Gasteiger partial charge in [-0.15, -0.1) is 0 Å². The first-order chi connectivity index (χ1) is 14.7. The Morgan fingerprint density at radius 3 is 2.52 bits per heavy atom. The molecule has 4 nitrogen and oxygen atoms in total. The second kappa shape index (κ2) is 8.43. The Morgan fingerprint density at radius 2 is 1.87 bits per heavy atom. The number of fused-ring (bicyclic) bond motifs is 1. The first-order valence-corrected chi connectivity index (χ1v) is 11.0. The van der Waals surface area contributed by atoms with E-state index in [0.29, 0.717) is 18.7 Å². The van der Waals surface area contributed by atoms with Crippen molar-refractivity contribution in [1.82, 2.24) is 20.1 Å². The number of aryl methyl sites for hydroxylation is 1. The van der Waals surface area contributed by atoms with Crippen LogP contribution in [0.5, 0.6) is 0 Å². The van der Waals surface area contributed by atoms with Gasteiger partial charge in [0.2, 0.25) is 0 Å². The van der Waals surface area contributed by atoms with Crippen molar-refractivity contribution in [2.75, 3.05) is 0 Å². The number of aromatic nitrogens is 3. The maximum absolute atomic E-state index is 12.9. The minimum Gasteiger partial charge on any atom is -0.309 e. The summed E-state index contributed by atoms with van der Waals surface area (Å²) in [5.74, 6) is 0. The lowest BCUT2D eigenvalue weighted by Crippen LogP contribution is -2.15. The van der Waals surface area contributed by atoms with Gasteiger partial charge in [-0.1, -0.05) is 6.07 Å². The van der Waals surface area contributed by atoms with Gasteiger partial charge in [0.05, 0.1) is 17.5 Å². The smallest absolute Gasteiger partial charge is 0.309 e. The number of nitrogens with one attached hydrogen (secondary N) is 1. The highest BCUT2D eigenvalue weighted by Gasteiger charge is 2.30. The molecule has 8 heteroatoms. The van der Waals surface area contributed by atoms with Crippen molar-refractivity contribution in [3.63, 3.8) is 0 Å². The number of thiophene rings is 1. The van der Waals surface area contributed by atoms with E-state index >= 15 is 0 Å². The van der Waals surface area contributed by atoms with E-state index in [0.717, 1.165) is 39.5 Å². The molecule has 0 unspecified atom stereocenters. The molecule has 0 aliphatic heterocycles. The van der Waals surface area contributed by atoms with Gasteiger partial charge in [0, 0.05) is 35.5 Å². The quantitative estimate of drug-likeness (QED) is 0.376. The largest absolute Gasteiger partial charge is 0.416 e. The molecule has 0 aliphatic rings. The van der Waals surface area contributed by atoms with Gasteiger partial charge >= 0.3 is 6.18 Å². The molecule has 31 heavy (non-hydrogen) atoms. The Morgan fingerprint density at radius 1 is 1.10 bits per heavy atom. The SMILES string of the molecule is Cc1cc(C(F)(F)F)ccc1CNCc1cc2cnn(C(C)C)c2nc1-c1ccsc1. The number of benzene rings is 1. The molecule has 4 rings (SSSR count). The Hall–Kier alpha value is -2.71. The summed E-state index contributed by atoms with van der Waals surface area (Å²) in [6, 6.07) is 8.20. The number of nitrogens with zero attached hydrogens (tertiary/aromatic N) is 3. The maximum Gasteiger partial charge on any atom is 0.416 e. The van der Waals surface area contributed by atoms with Crippen LogP contribution in [0.3, 0.4) is 0 Å². The monoisotopic (exact) mass is 444 g/mol. The zero-order valence-corrected chi connectivity index (χ0v) is 18.3. The van der Waals surface area contributed by atoms with Gasteiger partial charge < -0.3 is 5.32 Å². The highest BCUT2D eigenvalue weighted by atomic mass is 32.1. The Labute approximate surface area is 182 Å². The second-order valence-electron chi connectivity index (χ2n) is 7.85. The van der Waals surface area contributed by atoms with Gasteiger partial charge in [0.25, 0.3) is 0 Å². The summed E-state index contributed by atoms with van der Waals surface area (Å²) in [6.07, 6.45) is -2.50. The standard InChI is InChI=1S/C23H23F3N4S/c1-14(2)30-22-19(12-28-30)9-18(21(29-22)17-6-7-31-13-17)11-27-10-16-4-5-20(8-15(16)3)23(24,25)26/h4-9,12-14,27H,10-11H2,1-3H3. The van der Waals surface area contributed by atoms with Crippen LogP contribution >= 0.6 is 11.3 Å². The lowest BCUT2D eigenvalue weighted by molar-refractivity contribution is -0.137. The summed E-state index contributed by atoms with van der Waals surface area (Å²) >= 11 is 1.61. The van der Waals surface area contributed by atoms with Crippen LogP contribution in [0.4, 0.5) is 13.2 Å². The summed E-state index contributed by atoms with van der Waals surface area (Å²) in [5, 5.41) is 12.9. The fourth-order valence-corrected chi connectivity index (χ4v) is 4.23. The predicted molar refractivity (Wildman–Crippen MR) is 118 cm³/mol. The van der Waals surface area contributed by atoms with Gasteiger partial charge in [-0.3, -0.25) is 0 Å². The number of alkyl halides is 3. The molecule has 1 aromatic carbocycles. The van der Waals surface area contributed by atoms with Crippen LogP contribution < -0.4 is 5.32 Å². The summed E-state index contributed by atoms with van der Waals surface area (Å²) in [5.41, 5.74) is 4.65. The third-order valence-electron chi connectivity index (χ3n) is 5.23. The molecular formula is C23H23F3N4S. The van der Waals surface area contributed by atoms with E-state index in [4.69, 9.17) is 4.98 Å². The third kappa shape index (κ3) is 4.50. The van der Waals surface area contributed by atoms with Crippen molar-refractivity contribution in [2.24, 2.45) is 0 Å². The first-order valence-electron chi connectivity index (χ1n) is 10.0. The number of hydrogen-bond donors (Lipinski definition) is 1. The zero-order chi connectivity index (χ0) is 22.2. The van der Waals surface area contributed by atoms with Crippen molar-refractivity contribution in [3.05, 3.63) is 69.5 Å². The van der Waals surface area contributed by atoms with Crippen molar-refractivity contribution >= 4 is 22.4 Å². The van der Waals surface area contributed by atoms with Crippen LogP contribution in [0.2, 0.25) is 0 Å². The van der Waals surface area contributed by atoms with Gasteiger partial charge in [0.15, 0.2) is 5.65 Å². The van der Waals surface area contributed by atoms with E-state index in [1.165, 1.54) is 6.07 Å². The summed E-state index contributed by atoms with van der Waals surface area (Å²) < 4.78 is 40.6. The normalized spacial score (nSPS) is 12.2. The predicted octanol–water partition coefficient (Wildman–Crippen LogP) is 6.36. The van der Waals surface area contributed by atoms with Crippen LogP contribution in [0.1, 0.15) is 42.1 Å². The van der Waals surface area contributed by atoms with Crippen molar-refractivity contribution in [1.29, 1.82) is 0 Å². The molecule has 3 heterocycles. The lowest BCUT2D eigenvalue weighted by Gasteiger charge is -2.14. The Balaban J connectivity index is 1.59. The number of pyridine rings is 1. The van der Waals surface area contributed by atoms with E-state index in [9.17, 15) is 13.2 Å². The van der Waals surface area contributed by atoms with Crippen molar-refractivity contribution in [2.45, 2.75) is 46.1 Å². The molecule has 0 bridgehead atoms. The van der Waals surface area contributed by atoms with Gasteiger partial charge in [-0.25, -0.2) is 9.67 Å². The van der Waals surface area contributed by atoms with E-state index in [1.807, 2.05) is 22.3 Å². The lowest BCUT2D eigenvalue weighted by atomic mass is 10.0. The van der Waals surface area contributed by atoms with E-state index < -0.39 is 11.7 Å². The van der Waals surface area contributed by atoms with E-state index in [-0.39, 0.29) is 6.04 Å². The second-order valence-corrected chi connectivity index (χ2v) is 8.63. The summed E-state index contributed by atoms with van der Waals surface area (Å²) in [6.45, 7) is 6.86. The molecular weight excluding hydrogens is 421 g/mol. The molecule has 3 aromatic heterocycles. The maximum atomic E-state index is 12.9. The minimum absolute atomic E-state index is 0.201. The molecule has 162 valence electrons. The van der Waals surface area contributed by atoms with E-state index in [1.54, 1.807) is 24.3 Å². The van der Waals surface area contributed by atoms with Crippen LogP contribution in [0, 0.1) is 6.92 Å². The first kappa shape index (κ1) is 21.5. The van der Waals surface area contributed by atoms with Gasteiger partial charge in [-0.2, -0.15) is 29.6 Å². The zero-order valence-electron chi connectivity index (χ0n) is 17.5. The topological polar surface area (TPSA) is 42.7 Å². The molecule has 0 aliphatic carbocycles. The molecule has 0 radical (unpaired) electrons. The number of hydrogen-bond acceptors (Lipinski definition) is 4. The van der Waals surface area contributed by atoms with Crippen LogP contribution in [-0.2, 0) is 19.3 Å². The summed E-state index contributed by atoms with van der Waals surface area (Å²) in [7, 11) is 0. The third-order valence-corrected chi connectivity index (χ3v) is 5.92. The molecule has 0 atom stereocenters. The minimum atomic E-state index is -4.33. The molecule has 0 amide bonds. The number of rotatable bonds is 6. The molecule has 4 aromatic rings. The highest BCUT2D eigenvalue weighted by Crippen LogP contribution is 2.31. The molecule has 0 fully saturated rings. The van der Waals surface area contributed by atoms with Gasteiger partial charge in [0.1, 0.15) is 0 Å². The highest BCUT2D eigenvalue weighted by molar-refractivity contribution is 7.08.